The van der Waals surface area contributed by atoms with Crippen LogP contribution in [-0.4, -0.2) is 50.4 Å². The van der Waals surface area contributed by atoms with Gasteiger partial charge in [0.1, 0.15) is 16.3 Å². The number of ether oxygens (including phenoxy) is 1. The third-order valence-corrected chi connectivity index (χ3v) is 7.79. The number of thiazole rings is 1. The molecule has 0 saturated carbocycles. The maximum atomic E-state index is 14.8. The minimum Gasteiger partial charge on any atom is -0.492 e. The van der Waals surface area contributed by atoms with Crippen LogP contribution in [0, 0.1) is 9.77 Å². The van der Waals surface area contributed by atoms with E-state index in [-0.39, 0.29) is 27.2 Å². The molecule has 0 unspecified atom stereocenters. The first-order chi connectivity index (χ1) is 17.4. The van der Waals surface area contributed by atoms with Crippen LogP contribution in [-0.2, 0) is 4.79 Å². The second-order valence-electron chi connectivity index (χ2n) is 7.60. The van der Waals surface area contributed by atoms with Gasteiger partial charge in [0, 0.05) is 13.1 Å². The van der Waals surface area contributed by atoms with Crippen molar-refractivity contribution in [2.24, 2.45) is 0 Å². The second kappa shape index (κ2) is 11.4. The van der Waals surface area contributed by atoms with Crippen LogP contribution in [0.5, 0.6) is 5.75 Å². The smallest absolute Gasteiger partial charge is 0.278 e. The highest BCUT2D eigenvalue weighted by molar-refractivity contribution is 7.99. The summed E-state index contributed by atoms with van der Waals surface area (Å²) in [6.45, 7) is 7.28. The van der Waals surface area contributed by atoms with Crippen molar-refractivity contribution in [3.63, 3.8) is 0 Å². The van der Waals surface area contributed by atoms with Gasteiger partial charge >= 0.3 is 0 Å². The molecule has 1 amide bonds. The number of hydrogen-bond acceptors (Lipinski definition) is 7. The summed E-state index contributed by atoms with van der Waals surface area (Å²) in [5, 5.41) is 0.202. The number of carbonyl (C=O) groups excluding carboxylic acids is 1. The molecule has 4 aromatic rings. The molecule has 0 aliphatic rings. The largest absolute Gasteiger partial charge is 0.492 e. The maximum Gasteiger partial charge on any atom is 0.278 e. The van der Waals surface area contributed by atoms with Crippen LogP contribution in [0.4, 0.5) is 4.39 Å². The summed E-state index contributed by atoms with van der Waals surface area (Å²) in [5.74, 6) is -0.0125. The molecule has 0 atom stereocenters. The van der Waals surface area contributed by atoms with Crippen LogP contribution in [0.3, 0.4) is 0 Å². The van der Waals surface area contributed by atoms with E-state index in [2.05, 4.69) is 0 Å². The van der Waals surface area contributed by atoms with E-state index in [1.165, 1.54) is 16.7 Å². The zero-order valence-corrected chi connectivity index (χ0v) is 22.5. The standard InChI is InChI=1S/C25H25FN4O3S3/c1-4-28(5-2)20(31)15-35-24-27-22-21(23(32)30(24)17-12-8-7-11-16(17)26)36-25(34)29(22)18-13-9-10-14-19(18)33-6-3/h7-14H,4-6,15H2,1-3H3. The van der Waals surface area contributed by atoms with Gasteiger partial charge in [0.25, 0.3) is 5.56 Å². The van der Waals surface area contributed by atoms with Gasteiger partial charge in [-0.1, -0.05) is 47.4 Å². The molecule has 0 saturated heterocycles. The molecular weight excluding hydrogens is 519 g/mol. The molecule has 0 spiro atoms. The van der Waals surface area contributed by atoms with Gasteiger partial charge in [-0.2, -0.15) is 0 Å². The van der Waals surface area contributed by atoms with E-state index < -0.39 is 11.4 Å². The monoisotopic (exact) mass is 544 g/mol. The fourth-order valence-corrected chi connectivity index (χ4v) is 5.99. The summed E-state index contributed by atoms with van der Waals surface area (Å²) in [6, 6.07) is 13.4. The fraction of sp³-hybridized carbons (Fsp3) is 0.280. The number of amides is 1. The third-order valence-electron chi connectivity index (χ3n) is 5.52. The van der Waals surface area contributed by atoms with E-state index >= 15 is 0 Å². The maximum absolute atomic E-state index is 14.8. The van der Waals surface area contributed by atoms with Gasteiger partial charge in [-0.05, 0) is 57.3 Å². The Morgan fingerprint density at radius 2 is 1.75 bits per heavy atom. The fourth-order valence-electron chi connectivity index (χ4n) is 3.80. The number of benzene rings is 2. The average molecular weight is 545 g/mol. The van der Waals surface area contributed by atoms with Crippen molar-refractivity contribution in [1.82, 2.24) is 19.0 Å². The van der Waals surface area contributed by atoms with Crippen LogP contribution >= 0.6 is 35.3 Å². The summed E-state index contributed by atoms with van der Waals surface area (Å²) in [5.41, 5.74) is 0.607. The molecule has 4 rings (SSSR count). The van der Waals surface area contributed by atoms with E-state index in [4.69, 9.17) is 21.9 Å². The molecule has 11 heteroatoms. The Morgan fingerprint density at radius 1 is 1.08 bits per heavy atom. The minimum atomic E-state index is -0.567. The molecule has 0 N–H and O–H groups in total. The predicted octanol–water partition coefficient (Wildman–Crippen LogP) is 5.47. The lowest BCUT2D eigenvalue weighted by Crippen LogP contribution is -2.32. The Bertz CT molecular complexity index is 1530. The van der Waals surface area contributed by atoms with Crippen molar-refractivity contribution < 1.29 is 13.9 Å². The Hall–Kier alpha value is -3.02. The highest BCUT2D eigenvalue weighted by atomic mass is 32.2. The lowest BCUT2D eigenvalue weighted by atomic mass is 10.3. The number of fused-ring (bicyclic) bond motifs is 1. The molecule has 36 heavy (non-hydrogen) atoms. The summed E-state index contributed by atoms with van der Waals surface area (Å²) < 4.78 is 24.2. The number of hydrogen-bond donors (Lipinski definition) is 0. The van der Waals surface area contributed by atoms with E-state index in [1.54, 1.807) is 21.6 Å². The number of rotatable bonds is 9. The molecule has 0 aliphatic carbocycles. The van der Waals surface area contributed by atoms with Gasteiger partial charge in [-0.25, -0.2) is 9.37 Å². The van der Waals surface area contributed by atoms with Crippen molar-refractivity contribution in [2.75, 3.05) is 25.4 Å². The van der Waals surface area contributed by atoms with E-state index in [9.17, 15) is 14.0 Å². The molecule has 7 nitrogen and oxygen atoms in total. The Balaban J connectivity index is 1.96. The van der Waals surface area contributed by atoms with Crippen LogP contribution in [0.2, 0.25) is 0 Å². The average Bonchev–Trinajstić information content (AvgIpc) is 3.21. The molecule has 2 aromatic heterocycles. The van der Waals surface area contributed by atoms with Crippen molar-refractivity contribution in [1.29, 1.82) is 0 Å². The Kier molecular flexibility index (Phi) is 8.22. The van der Waals surface area contributed by atoms with E-state index in [1.807, 2.05) is 45.0 Å². The SMILES string of the molecule is CCOc1ccccc1-n1c(=S)sc2c(=O)n(-c3ccccc3F)c(SCC(=O)N(CC)CC)nc21. The normalized spacial score (nSPS) is 11.1. The van der Waals surface area contributed by atoms with Gasteiger partial charge in [0.15, 0.2) is 14.8 Å². The highest BCUT2D eigenvalue weighted by Gasteiger charge is 2.22. The molecule has 2 aromatic carbocycles. The van der Waals surface area contributed by atoms with Crippen molar-refractivity contribution in [2.45, 2.75) is 25.9 Å². The number of para-hydroxylation sites is 3. The quantitative estimate of drug-likeness (QED) is 0.158. The Morgan fingerprint density at radius 3 is 2.42 bits per heavy atom. The van der Waals surface area contributed by atoms with Crippen LogP contribution in [0.15, 0.2) is 58.5 Å². The zero-order valence-electron chi connectivity index (χ0n) is 20.1. The number of carbonyl (C=O) groups is 1. The predicted molar refractivity (Wildman–Crippen MR) is 145 cm³/mol. The molecule has 188 valence electrons. The van der Waals surface area contributed by atoms with Gasteiger partial charge < -0.3 is 9.64 Å². The van der Waals surface area contributed by atoms with E-state index in [0.29, 0.717) is 40.7 Å². The first kappa shape index (κ1) is 26.1. The van der Waals surface area contributed by atoms with E-state index in [0.717, 1.165) is 23.1 Å². The van der Waals surface area contributed by atoms with Gasteiger partial charge in [-0.3, -0.25) is 18.7 Å². The first-order valence-electron chi connectivity index (χ1n) is 11.5. The second-order valence-corrected chi connectivity index (χ2v) is 10.2. The molecular formula is C25H25FN4O3S3. The molecule has 2 heterocycles. The van der Waals surface area contributed by atoms with Crippen molar-refractivity contribution >= 4 is 51.6 Å². The van der Waals surface area contributed by atoms with Crippen LogP contribution in [0.1, 0.15) is 20.8 Å². The summed E-state index contributed by atoms with van der Waals surface area (Å²) >= 11 is 7.84. The molecule has 0 bridgehead atoms. The summed E-state index contributed by atoms with van der Waals surface area (Å²) in [7, 11) is 0. The van der Waals surface area contributed by atoms with Crippen LogP contribution in [0.25, 0.3) is 21.7 Å². The van der Waals surface area contributed by atoms with Gasteiger partial charge in [-0.15, -0.1) is 0 Å². The van der Waals surface area contributed by atoms with Crippen molar-refractivity contribution in [3.8, 4) is 17.1 Å². The lowest BCUT2D eigenvalue weighted by molar-refractivity contribution is -0.127. The van der Waals surface area contributed by atoms with Gasteiger partial charge in [0.2, 0.25) is 5.91 Å². The number of nitrogens with zero attached hydrogens (tertiary/aromatic N) is 4. The Labute approximate surface area is 221 Å². The summed E-state index contributed by atoms with van der Waals surface area (Å²) in [6.07, 6.45) is 0. The molecule has 0 aliphatic heterocycles. The van der Waals surface area contributed by atoms with Crippen molar-refractivity contribution in [3.05, 3.63) is 68.7 Å². The van der Waals surface area contributed by atoms with Crippen LogP contribution < -0.4 is 10.3 Å². The number of halogens is 1. The third kappa shape index (κ3) is 4.95. The zero-order chi connectivity index (χ0) is 25.8. The first-order valence-corrected chi connectivity index (χ1v) is 13.7. The lowest BCUT2D eigenvalue weighted by Gasteiger charge is -2.19. The number of aromatic nitrogens is 3. The number of thioether (sulfide) groups is 1. The topological polar surface area (TPSA) is 69.4 Å². The minimum absolute atomic E-state index is 0.0501. The highest BCUT2D eigenvalue weighted by Crippen LogP contribution is 2.31. The summed E-state index contributed by atoms with van der Waals surface area (Å²) in [4.78, 5) is 33.0. The van der Waals surface area contributed by atoms with Gasteiger partial charge in [0.05, 0.1) is 23.7 Å². The molecule has 0 radical (unpaired) electrons. The molecule has 0 fully saturated rings.